The highest BCUT2D eigenvalue weighted by Crippen LogP contribution is 2.30. The maximum Gasteiger partial charge on any atom is 0.135 e. The smallest absolute Gasteiger partial charge is 0.135 e. The molecule has 0 atom stereocenters. The molecule has 2 aromatic rings. The van der Waals surface area contributed by atoms with Crippen molar-refractivity contribution < 1.29 is 0 Å². The Bertz CT molecular complexity index is 511. The SMILES string of the molecule is CCc1ncc(-c2ccccc2Br)c(N)n1. The van der Waals surface area contributed by atoms with Gasteiger partial charge in [0.2, 0.25) is 0 Å². The van der Waals surface area contributed by atoms with Crippen LogP contribution in [0.25, 0.3) is 11.1 Å². The van der Waals surface area contributed by atoms with Crippen LogP contribution in [0.15, 0.2) is 34.9 Å². The summed E-state index contributed by atoms with van der Waals surface area (Å²) in [7, 11) is 0. The number of hydrogen-bond acceptors (Lipinski definition) is 3. The Labute approximate surface area is 103 Å². The summed E-state index contributed by atoms with van der Waals surface area (Å²) in [6.45, 7) is 2.01. The third-order valence-corrected chi connectivity index (χ3v) is 3.04. The largest absolute Gasteiger partial charge is 0.383 e. The molecule has 0 amide bonds. The molecule has 0 fully saturated rings. The minimum Gasteiger partial charge on any atom is -0.383 e. The van der Waals surface area contributed by atoms with Crippen molar-refractivity contribution in [2.24, 2.45) is 0 Å². The number of nitrogen functional groups attached to an aromatic ring is 1. The minimum absolute atomic E-state index is 0.527. The molecule has 0 saturated carbocycles. The van der Waals surface area contributed by atoms with Crippen LogP contribution in [0.3, 0.4) is 0 Å². The molecule has 2 rings (SSSR count). The summed E-state index contributed by atoms with van der Waals surface area (Å²) in [6, 6.07) is 7.89. The van der Waals surface area contributed by atoms with Crippen LogP contribution in [0, 0.1) is 0 Å². The molecule has 1 aromatic carbocycles. The van der Waals surface area contributed by atoms with E-state index in [2.05, 4.69) is 25.9 Å². The zero-order valence-corrected chi connectivity index (χ0v) is 10.5. The maximum atomic E-state index is 5.93. The number of hydrogen-bond donors (Lipinski definition) is 1. The summed E-state index contributed by atoms with van der Waals surface area (Å²) in [5.41, 5.74) is 7.81. The van der Waals surface area contributed by atoms with Crippen LogP contribution in [0.5, 0.6) is 0 Å². The average Bonchev–Trinajstić information content (AvgIpc) is 2.30. The van der Waals surface area contributed by atoms with Crippen LogP contribution in [0.1, 0.15) is 12.7 Å². The van der Waals surface area contributed by atoms with Gasteiger partial charge >= 0.3 is 0 Å². The van der Waals surface area contributed by atoms with Crippen LogP contribution in [-0.4, -0.2) is 9.97 Å². The van der Waals surface area contributed by atoms with Gasteiger partial charge in [-0.2, -0.15) is 0 Å². The van der Waals surface area contributed by atoms with Crippen LogP contribution in [0.4, 0.5) is 5.82 Å². The van der Waals surface area contributed by atoms with E-state index in [4.69, 9.17) is 5.73 Å². The maximum absolute atomic E-state index is 5.93. The van der Waals surface area contributed by atoms with E-state index in [1.165, 1.54) is 0 Å². The average molecular weight is 278 g/mol. The first-order valence-corrected chi connectivity index (χ1v) is 5.88. The number of anilines is 1. The van der Waals surface area contributed by atoms with E-state index in [0.717, 1.165) is 27.8 Å². The van der Waals surface area contributed by atoms with Crippen molar-refractivity contribution in [2.75, 3.05) is 5.73 Å². The van der Waals surface area contributed by atoms with E-state index >= 15 is 0 Å². The van der Waals surface area contributed by atoms with Gasteiger partial charge in [0, 0.05) is 28.2 Å². The second-order valence-electron chi connectivity index (χ2n) is 3.42. The number of aromatic nitrogens is 2. The Balaban J connectivity index is 2.53. The van der Waals surface area contributed by atoms with Crippen molar-refractivity contribution in [2.45, 2.75) is 13.3 Å². The molecule has 0 aliphatic rings. The Kier molecular flexibility index (Phi) is 3.19. The molecule has 0 aliphatic heterocycles. The summed E-state index contributed by atoms with van der Waals surface area (Å²) in [5.74, 6) is 1.30. The van der Waals surface area contributed by atoms with Crippen LogP contribution < -0.4 is 5.73 Å². The Morgan fingerprint density at radius 2 is 2.00 bits per heavy atom. The van der Waals surface area contributed by atoms with Crippen LogP contribution in [0.2, 0.25) is 0 Å². The van der Waals surface area contributed by atoms with Gasteiger partial charge in [-0.05, 0) is 6.07 Å². The van der Waals surface area contributed by atoms with Gasteiger partial charge in [0.15, 0.2) is 0 Å². The van der Waals surface area contributed by atoms with E-state index in [1.54, 1.807) is 6.20 Å². The summed E-state index contributed by atoms with van der Waals surface area (Å²) >= 11 is 3.49. The van der Waals surface area contributed by atoms with Crippen LogP contribution >= 0.6 is 15.9 Å². The first-order valence-electron chi connectivity index (χ1n) is 5.08. The fraction of sp³-hybridized carbons (Fsp3) is 0.167. The van der Waals surface area contributed by atoms with E-state index in [1.807, 2.05) is 31.2 Å². The molecule has 0 radical (unpaired) electrons. The van der Waals surface area contributed by atoms with Crippen molar-refractivity contribution in [3.8, 4) is 11.1 Å². The third-order valence-electron chi connectivity index (χ3n) is 2.35. The Morgan fingerprint density at radius 1 is 1.25 bits per heavy atom. The predicted octanol–water partition coefficient (Wildman–Crippen LogP) is 3.05. The van der Waals surface area contributed by atoms with E-state index < -0.39 is 0 Å². The monoisotopic (exact) mass is 277 g/mol. The number of benzene rings is 1. The number of nitrogens with zero attached hydrogens (tertiary/aromatic N) is 2. The first-order chi connectivity index (χ1) is 7.72. The normalized spacial score (nSPS) is 10.4. The summed E-state index contributed by atoms with van der Waals surface area (Å²) in [6.07, 6.45) is 2.57. The molecule has 3 nitrogen and oxygen atoms in total. The third kappa shape index (κ3) is 2.07. The highest BCUT2D eigenvalue weighted by Gasteiger charge is 2.08. The number of aryl methyl sites for hydroxylation is 1. The lowest BCUT2D eigenvalue weighted by Gasteiger charge is -2.07. The minimum atomic E-state index is 0.527. The fourth-order valence-corrected chi connectivity index (χ4v) is 1.99. The molecule has 0 bridgehead atoms. The van der Waals surface area contributed by atoms with E-state index in [-0.39, 0.29) is 0 Å². The molecular formula is C12H12BrN3. The Hall–Kier alpha value is -1.42. The topological polar surface area (TPSA) is 51.8 Å². The molecule has 2 N–H and O–H groups in total. The molecule has 82 valence electrons. The lowest BCUT2D eigenvalue weighted by atomic mass is 10.1. The van der Waals surface area contributed by atoms with Crippen LogP contribution in [-0.2, 0) is 6.42 Å². The van der Waals surface area contributed by atoms with E-state index in [9.17, 15) is 0 Å². The van der Waals surface area contributed by atoms with E-state index in [0.29, 0.717) is 5.82 Å². The predicted molar refractivity (Wildman–Crippen MR) is 69.0 cm³/mol. The first kappa shape index (κ1) is 11.1. The molecule has 0 spiro atoms. The fourth-order valence-electron chi connectivity index (χ4n) is 1.49. The quantitative estimate of drug-likeness (QED) is 0.918. The number of rotatable bonds is 2. The van der Waals surface area contributed by atoms with Gasteiger partial charge in [0.1, 0.15) is 11.6 Å². The molecule has 0 saturated heterocycles. The van der Waals surface area contributed by atoms with Gasteiger partial charge < -0.3 is 5.73 Å². The Morgan fingerprint density at radius 3 is 2.62 bits per heavy atom. The van der Waals surface area contributed by atoms with Gasteiger partial charge in [-0.1, -0.05) is 41.1 Å². The van der Waals surface area contributed by atoms with Crippen molar-refractivity contribution in [1.29, 1.82) is 0 Å². The lowest BCUT2D eigenvalue weighted by Crippen LogP contribution is -2.00. The summed E-state index contributed by atoms with van der Waals surface area (Å²) in [4.78, 5) is 8.52. The zero-order valence-electron chi connectivity index (χ0n) is 8.94. The standard InChI is InChI=1S/C12H12BrN3/c1-2-11-15-7-9(12(14)16-11)8-5-3-4-6-10(8)13/h3-7H,2H2,1H3,(H2,14,15,16). The molecule has 16 heavy (non-hydrogen) atoms. The molecule has 1 aromatic heterocycles. The van der Waals surface area contributed by atoms with Gasteiger partial charge in [0.05, 0.1) is 0 Å². The molecule has 1 heterocycles. The second-order valence-corrected chi connectivity index (χ2v) is 4.27. The molecular weight excluding hydrogens is 266 g/mol. The molecule has 0 aliphatic carbocycles. The zero-order chi connectivity index (χ0) is 11.5. The van der Waals surface area contributed by atoms with Gasteiger partial charge in [-0.15, -0.1) is 0 Å². The van der Waals surface area contributed by atoms with Gasteiger partial charge in [0.25, 0.3) is 0 Å². The second kappa shape index (κ2) is 4.61. The van der Waals surface area contributed by atoms with Crippen molar-refractivity contribution in [3.05, 3.63) is 40.8 Å². The number of halogens is 1. The van der Waals surface area contributed by atoms with Crippen molar-refractivity contribution in [3.63, 3.8) is 0 Å². The summed E-state index contributed by atoms with van der Waals surface area (Å²) in [5, 5.41) is 0. The van der Waals surface area contributed by atoms with Gasteiger partial charge in [-0.25, -0.2) is 9.97 Å². The number of nitrogens with two attached hydrogens (primary N) is 1. The highest BCUT2D eigenvalue weighted by molar-refractivity contribution is 9.10. The van der Waals surface area contributed by atoms with Crippen molar-refractivity contribution >= 4 is 21.7 Å². The van der Waals surface area contributed by atoms with Gasteiger partial charge in [-0.3, -0.25) is 0 Å². The molecule has 0 unspecified atom stereocenters. The molecule has 4 heteroatoms. The van der Waals surface area contributed by atoms with Crippen molar-refractivity contribution in [1.82, 2.24) is 9.97 Å². The lowest BCUT2D eigenvalue weighted by molar-refractivity contribution is 0.946. The highest BCUT2D eigenvalue weighted by atomic mass is 79.9. The summed E-state index contributed by atoms with van der Waals surface area (Å²) < 4.78 is 0.995.